The van der Waals surface area contributed by atoms with E-state index in [2.05, 4.69) is 5.32 Å². The van der Waals surface area contributed by atoms with Crippen LogP contribution in [0.4, 0.5) is 0 Å². The molecular weight excluding hydrogens is 500 g/mol. The van der Waals surface area contributed by atoms with Crippen LogP contribution in [0.25, 0.3) is 5.73 Å². The molecule has 0 aliphatic carbocycles. The summed E-state index contributed by atoms with van der Waals surface area (Å²) >= 11 is 0. The first-order valence-electron chi connectivity index (χ1n) is 9.43. The van der Waals surface area contributed by atoms with Crippen LogP contribution in [0.1, 0.15) is 85.5 Å². The molecule has 0 fully saturated rings. The third kappa shape index (κ3) is 19.7. The molecule has 2 N–H and O–H groups in total. The first-order valence-corrected chi connectivity index (χ1v) is 9.43. The van der Waals surface area contributed by atoms with Crippen molar-refractivity contribution < 1.29 is 35.4 Å². The van der Waals surface area contributed by atoms with Crippen molar-refractivity contribution in [3.05, 3.63) is 12.2 Å². The van der Waals surface area contributed by atoms with E-state index in [4.69, 9.17) is 5.73 Å². The van der Waals surface area contributed by atoms with Crippen molar-refractivity contribution in [2.45, 2.75) is 85.5 Å². The fraction of sp³-hybridized carbons (Fsp3) is 0.800. The molecule has 0 heterocycles. The summed E-state index contributed by atoms with van der Waals surface area (Å²) in [7, 11) is 1.25. The summed E-state index contributed by atoms with van der Waals surface area (Å²) in [5.74, 6) is 0.567. The van der Waals surface area contributed by atoms with E-state index in [1.165, 1.54) is 7.05 Å². The summed E-state index contributed by atoms with van der Waals surface area (Å²) in [6.45, 7) is 8.39. The standard InChI is InChI=1S/C19H34NO3.CH4N.W/c1-5-16(21)12-8-6-10-14-18(23)20-15-11-7-9-13-17(22)19(2,3)4;1-2;/h12H,5-11,13-15H2,1-4H3,(H,20,23);2H,1H3;/q2*-1;+2. The molecule has 152 valence electrons. The molecule has 0 unspecified atom stereocenters. The number of carbonyl (C=O) groups excluding carboxylic acids is 3. The predicted octanol–water partition coefficient (Wildman–Crippen LogP) is 4.69. The molecule has 0 saturated heterocycles. The molecule has 1 amide bonds. The molecule has 0 aromatic heterocycles. The van der Waals surface area contributed by atoms with E-state index in [-0.39, 0.29) is 38.2 Å². The van der Waals surface area contributed by atoms with Gasteiger partial charge >= 0.3 is 21.1 Å². The summed E-state index contributed by atoms with van der Waals surface area (Å²) < 4.78 is 0. The van der Waals surface area contributed by atoms with E-state index < -0.39 is 0 Å². The van der Waals surface area contributed by atoms with Crippen molar-refractivity contribution in [2.24, 2.45) is 5.41 Å². The van der Waals surface area contributed by atoms with Crippen LogP contribution in [0.15, 0.2) is 0 Å². The predicted molar refractivity (Wildman–Crippen MR) is 104 cm³/mol. The average Bonchev–Trinajstić information content (AvgIpc) is 2.58. The van der Waals surface area contributed by atoms with Gasteiger partial charge in [-0.15, -0.1) is 0 Å². The van der Waals surface area contributed by atoms with Gasteiger partial charge in [-0.1, -0.05) is 40.5 Å². The maximum atomic E-state index is 11.7. The van der Waals surface area contributed by atoms with Gasteiger partial charge in [-0.3, -0.25) is 9.59 Å². The molecule has 26 heavy (non-hydrogen) atoms. The van der Waals surface area contributed by atoms with Gasteiger partial charge in [0, 0.05) is 24.8 Å². The summed E-state index contributed by atoms with van der Waals surface area (Å²) in [6.07, 6.45) is 8.68. The van der Waals surface area contributed by atoms with E-state index in [1.54, 1.807) is 6.42 Å². The van der Waals surface area contributed by atoms with Crippen molar-refractivity contribution in [1.29, 1.82) is 0 Å². The number of amides is 1. The van der Waals surface area contributed by atoms with Crippen molar-refractivity contribution in [2.75, 3.05) is 13.6 Å². The van der Waals surface area contributed by atoms with Gasteiger partial charge in [0.1, 0.15) is 5.78 Å². The minimum Gasteiger partial charge on any atom is -0.680 e. The maximum absolute atomic E-state index is 11.7. The zero-order valence-electron chi connectivity index (χ0n) is 17.3. The Morgan fingerprint density at radius 3 is 2.04 bits per heavy atom. The Hall–Kier alpha value is -0.672. The van der Waals surface area contributed by atoms with Gasteiger partial charge in [-0.25, -0.2) is 0 Å². The zero-order valence-corrected chi connectivity index (χ0v) is 20.2. The third-order valence-electron chi connectivity index (χ3n) is 3.82. The Morgan fingerprint density at radius 2 is 1.50 bits per heavy atom. The van der Waals surface area contributed by atoms with Crippen molar-refractivity contribution in [3.8, 4) is 0 Å². The van der Waals surface area contributed by atoms with Crippen LogP contribution in [-0.2, 0) is 35.4 Å². The van der Waals surface area contributed by atoms with Crippen molar-refractivity contribution in [3.63, 3.8) is 0 Å². The largest absolute Gasteiger partial charge is 2.00 e. The van der Waals surface area contributed by atoms with Crippen molar-refractivity contribution >= 4 is 17.5 Å². The minimum atomic E-state index is -0.243. The smallest absolute Gasteiger partial charge is 0.680 e. The number of hydrogen-bond acceptors (Lipinski definition) is 3. The van der Waals surface area contributed by atoms with Gasteiger partial charge in [-0.05, 0) is 31.5 Å². The van der Waals surface area contributed by atoms with Crippen LogP contribution >= 0.6 is 0 Å². The van der Waals surface area contributed by atoms with Crippen molar-refractivity contribution in [1.82, 2.24) is 5.32 Å². The Labute approximate surface area is 174 Å². The van der Waals surface area contributed by atoms with E-state index in [9.17, 15) is 14.4 Å². The third-order valence-corrected chi connectivity index (χ3v) is 3.82. The number of hydrogen-bond donors (Lipinski definition) is 1. The molecule has 0 rings (SSSR count). The van der Waals surface area contributed by atoms with Crippen LogP contribution in [0.5, 0.6) is 0 Å². The van der Waals surface area contributed by atoms with E-state index in [0.717, 1.165) is 38.5 Å². The van der Waals surface area contributed by atoms with Gasteiger partial charge in [0.25, 0.3) is 0 Å². The SMILES string of the molecule is CCC(=O)[CH-]CCCCC(=O)NCCCCCC(=O)C(C)(C)C.C[NH-].[W+2]. The molecule has 0 aromatic rings. The van der Waals surface area contributed by atoms with Crippen LogP contribution in [-0.4, -0.2) is 31.1 Å². The molecule has 0 aliphatic rings. The van der Waals surface area contributed by atoms with Gasteiger partial charge in [0.2, 0.25) is 5.91 Å². The summed E-state index contributed by atoms with van der Waals surface area (Å²) in [6, 6.07) is 0. The number of Topliss-reactive ketones (excluding diaryl/α,β-unsaturated/α-hetero) is 2. The number of carbonyl (C=O) groups is 3. The Balaban J connectivity index is -0.00000170. The monoisotopic (exact) mass is 538 g/mol. The summed E-state index contributed by atoms with van der Waals surface area (Å²) in [4.78, 5) is 34.4. The number of nitrogens with one attached hydrogen (secondary N) is 2. The van der Waals surface area contributed by atoms with Crippen LogP contribution in [0.3, 0.4) is 0 Å². The normalized spacial score (nSPS) is 10.1. The van der Waals surface area contributed by atoms with E-state index in [1.807, 2.05) is 27.7 Å². The van der Waals surface area contributed by atoms with Crippen LogP contribution in [0, 0.1) is 11.8 Å². The Morgan fingerprint density at radius 1 is 0.923 bits per heavy atom. The Bertz CT molecular complexity index is 380. The summed E-state index contributed by atoms with van der Waals surface area (Å²) in [5.41, 5.74) is 5.51. The average molecular weight is 538 g/mol. The minimum absolute atomic E-state index is 0. The molecule has 0 bridgehead atoms. The fourth-order valence-corrected chi connectivity index (χ4v) is 2.12. The van der Waals surface area contributed by atoms with Crippen LogP contribution in [0.2, 0.25) is 0 Å². The zero-order chi connectivity index (χ0) is 19.7. The topological polar surface area (TPSA) is 87.0 Å². The second kappa shape index (κ2) is 19.1. The van der Waals surface area contributed by atoms with Gasteiger partial charge in [0.15, 0.2) is 0 Å². The molecule has 0 spiro atoms. The molecule has 0 radical (unpaired) electrons. The quantitative estimate of drug-likeness (QED) is 0.273. The van der Waals surface area contributed by atoms with Gasteiger partial charge < -0.3 is 22.3 Å². The fourth-order valence-electron chi connectivity index (χ4n) is 2.12. The molecule has 0 atom stereocenters. The Kier molecular flexibility index (Phi) is 22.1. The second-order valence-electron chi connectivity index (χ2n) is 7.10. The van der Waals surface area contributed by atoms with E-state index in [0.29, 0.717) is 31.6 Å². The molecule has 6 heteroatoms. The number of rotatable bonds is 13. The van der Waals surface area contributed by atoms with Gasteiger partial charge in [0.05, 0.1) is 0 Å². The number of unbranched alkanes of at least 4 members (excludes halogenated alkanes) is 4. The number of ketones is 2. The summed E-state index contributed by atoms with van der Waals surface area (Å²) in [5, 5.41) is 2.91. The molecule has 5 nitrogen and oxygen atoms in total. The first-order chi connectivity index (χ1) is 11.8. The maximum Gasteiger partial charge on any atom is 2.00 e. The molecular formula is C20H38N2O3W. The van der Waals surface area contributed by atoms with Gasteiger partial charge in [-0.2, -0.15) is 13.5 Å². The van der Waals surface area contributed by atoms with Crippen LogP contribution < -0.4 is 5.32 Å². The molecule has 0 aromatic carbocycles. The molecule has 0 saturated carbocycles. The first kappa shape index (κ1) is 30.1. The van der Waals surface area contributed by atoms with E-state index >= 15 is 0 Å². The molecule has 0 aliphatic heterocycles. The second-order valence-corrected chi connectivity index (χ2v) is 7.10.